The molecule has 0 spiro atoms. The highest BCUT2D eigenvalue weighted by molar-refractivity contribution is 6.36. The Morgan fingerprint density at radius 3 is 2.38 bits per heavy atom. The van der Waals surface area contributed by atoms with Gasteiger partial charge in [0, 0.05) is 10.7 Å². The van der Waals surface area contributed by atoms with Crippen LogP contribution in [0.1, 0.15) is 6.92 Å². The molecule has 0 aliphatic carbocycles. The van der Waals surface area contributed by atoms with Crippen LogP contribution in [0.4, 0.5) is 15.8 Å². The zero-order valence-electron chi connectivity index (χ0n) is 14.2. The van der Waals surface area contributed by atoms with E-state index in [4.69, 9.17) is 23.2 Å². The van der Waals surface area contributed by atoms with E-state index < -0.39 is 6.04 Å². The molecule has 26 heavy (non-hydrogen) atoms. The Kier molecular flexibility index (Phi) is 6.97. The lowest BCUT2D eigenvalue weighted by Crippen LogP contribution is -2.43. The first-order valence-electron chi connectivity index (χ1n) is 7.78. The quantitative estimate of drug-likeness (QED) is 0.773. The molecule has 0 heterocycles. The number of nitrogens with zero attached hydrogens (tertiary/aromatic N) is 1. The second kappa shape index (κ2) is 8.98. The maximum atomic E-state index is 12.9. The van der Waals surface area contributed by atoms with E-state index in [2.05, 4.69) is 10.6 Å². The summed E-state index contributed by atoms with van der Waals surface area (Å²) in [5, 5.41) is 6.14. The van der Waals surface area contributed by atoms with Gasteiger partial charge in [-0.05, 0) is 56.4 Å². The van der Waals surface area contributed by atoms with Gasteiger partial charge in [-0.3, -0.25) is 14.5 Å². The molecule has 0 aliphatic heterocycles. The van der Waals surface area contributed by atoms with E-state index in [0.29, 0.717) is 21.4 Å². The third-order valence-electron chi connectivity index (χ3n) is 3.75. The van der Waals surface area contributed by atoms with Crippen LogP contribution in [0.5, 0.6) is 0 Å². The van der Waals surface area contributed by atoms with Crippen LogP contribution in [0.2, 0.25) is 10.0 Å². The summed E-state index contributed by atoms with van der Waals surface area (Å²) in [5.74, 6) is -1.01. The number of benzene rings is 2. The zero-order chi connectivity index (χ0) is 19.3. The molecule has 0 aromatic heterocycles. The molecule has 2 aromatic carbocycles. The normalized spacial score (nSPS) is 11.9. The summed E-state index contributed by atoms with van der Waals surface area (Å²) in [6, 6.07) is 9.61. The highest BCUT2D eigenvalue weighted by atomic mass is 35.5. The first kappa shape index (κ1) is 20.2. The summed E-state index contributed by atoms with van der Waals surface area (Å²) >= 11 is 11.9. The van der Waals surface area contributed by atoms with Crippen molar-refractivity contribution in [1.82, 2.24) is 4.90 Å². The molecule has 0 radical (unpaired) electrons. The SMILES string of the molecule is C[C@H](C(=O)Nc1ccc(Cl)cc1Cl)N(C)CC(=O)Nc1ccc(F)cc1. The number of likely N-dealkylation sites (N-methyl/N-ethyl adjacent to an activating group) is 1. The van der Waals surface area contributed by atoms with Gasteiger partial charge >= 0.3 is 0 Å². The minimum Gasteiger partial charge on any atom is -0.325 e. The number of nitrogens with one attached hydrogen (secondary N) is 2. The molecule has 0 fully saturated rings. The third kappa shape index (κ3) is 5.69. The highest BCUT2D eigenvalue weighted by Gasteiger charge is 2.21. The molecule has 0 aliphatic rings. The summed E-state index contributed by atoms with van der Waals surface area (Å²) in [7, 11) is 1.65. The predicted octanol–water partition coefficient (Wildman–Crippen LogP) is 4.03. The number of amides is 2. The Bertz CT molecular complexity index is 800. The van der Waals surface area contributed by atoms with Gasteiger partial charge in [0.15, 0.2) is 0 Å². The lowest BCUT2D eigenvalue weighted by molar-refractivity contribution is -0.122. The Balaban J connectivity index is 1.90. The molecule has 0 saturated heterocycles. The summed E-state index contributed by atoms with van der Waals surface area (Å²) < 4.78 is 12.9. The molecule has 8 heteroatoms. The van der Waals surface area contributed by atoms with E-state index in [0.717, 1.165) is 0 Å². The van der Waals surface area contributed by atoms with Crippen LogP contribution < -0.4 is 10.6 Å². The first-order valence-corrected chi connectivity index (χ1v) is 8.53. The van der Waals surface area contributed by atoms with Gasteiger partial charge in [-0.2, -0.15) is 0 Å². The van der Waals surface area contributed by atoms with Crippen LogP contribution in [0.3, 0.4) is 0 Å². The van der Waals surface area contributed by atoms with Crippen molar-refractivity contribution in [2.45, 2.75) is 13.0 Å². The number of carbonyl (C=O) groups excluding carboxylic acids is 2. The average Bonchev–Trinajstić information content (AvgIpc) is 2.58. The monoisotopic (exact) mass is 397 g/mol. The number of hydrogen-bond donors (Lipinski definition) is 2. The number of halogens is 3. The van der Waals surface area contributed by atoms with E-state index in [1.807, 2.05) is 0 Å². The molecule has 0 saturated carbocycles. The fourth-order valence-corrected chi connectivity index (χ4v) is 2.58. The number of anilines is 2. The van der Waals surface area contributed by atoms with Crippen LogP contribution in [0.15, 0.2) is 42.5 Å². The van der Waals surface area contributed by atoms with Gasteiger partial charge in [-0.1, -0.05) is 23.2 Å². The Morgan fingerprint density at radius 1 is 1.12 bits per heavy atom. The van der Waals surface area contributed by atoms with Crippen molar-refractivity contribution in [3.63, 3.8) is 0 Å². The average molecular weight is 398 g/mol. The van der Waals surface area contributed by atoms with Crippen LogP contribution in [-0.4, -0.2) is 36.3 Å². The van der Waals surface area contributed by atoms with Gasteiger partial charge in [-0.15, -0.1) is 0 Å². The van der Waals surface area contributed by atoms with Gasteiger partial charge < -0.3 is 10.6 Å². The van der Waals surface area contributed by atoms with Gasteiger partial charge in [0.1, 0.15) is 5.82 Å². The smallest absolute Gasteiger partial charge is 0.241 e. The van der Waals surface area contributed by atoms with Crippen molar-refractivity contribution < 1.29 is 14.0 Å². The van der Waals surface area contributed by atoms with Crippen molar-refractivity contribution in [1.29, 1.82) is 0 Å². The summed E-state index contributed by atoms with van der Waals surface area (Å²) in [6.45, 7) is 1.66. The molecule has 2 amide bonds. The maximum Gasteiger partial charge on any atom is 0.241 e. The minimum atomic E-state index is -0.583. The third-order valence-corrected chi connectivity index (χ3v) is 4.30. The molecule has 2 rings (SSSR count). The molecular weight excluding hydrogens is 380 g/mol. The molecular formula is C18H18Cl2FN3O2. The lowest BCUT2D eigenvalue weighted by Gasteiger charge is -2.23. The van der Waals surface area contributed by atoms with E-state index in [1.165, 1.54) is 30.3 Å². The van der Waals surface area contributed by atoms with Crippen molar-refractivity contribution in [3.8, 4) is 0 Å². The topological polar surface area (TPSA) is 61.4 Å². The van der Waals surface area contributed by atoms with Crippen LogP contribution >= 0.6 is 23.2 Å². The van der Waals surface area contributed by atoms with Gasteiger partial charge in [-0.25, -0.2) is 4.39 Å². The van der Waals surface area contributed by atoms with Gasteiger partial charge in [0.25, 0.3) is 0 Å². The maximum absolute atomic E-state index is 12.9. The molecule has 2 N–H and O–H groups in total. The summed E-state index contributed by atoms with van der Waals surface area (Å²) in [6.07, 6.45) is 0. The van der Waals surface area contributed by atoms with E-state index in [1.54, 1.807) is 31.0 Å². The molecule has 0 bridgehead atoms. The summed E-state index contributed by atoms with van der Waals surface area (Å²) in [4.78, 5) is 26.0. The van der Waals surface area contributed by atoms with Crippen LogP contribution in [0.25, 0.3) is 0 Å². The Morgan fingerprint density at radius 2 is 1.77 bits per heavy atom. The largest absolute Gasteiger partial charge is 0.325 e. The van der Waals surface area contributed by atoms with E-state index in [9.17, 15) is 14.0 Å². The van der Waals surface area contributed by atoms with Crippen LogP contribution in [0, 0.1) is 5.82 Å². The second-order valence-electron chi connectivity index (χ2n) is 5.76. The number of rotatable bonds is 6. The van der Waals surface area contributed by atoms with Crippen molar-refractivity contribution in [3.05, 3.63) is 58.3 Å². The lowest BCUT2D eigenvalue weighted by atomic mass is 10.2. The molecule has 0 unspecified atom stereocenters. The van der Waals surface area contributed by atoms with E-state index >= 15 is 0 Å². The fraction of sp³-hybridized carbons (Fsp3) is 0.222. The highest BCUT2D eigenvalue weighted by Crippen LogP contribution is 2.25. The molecule has 138 valence electrons. The standard InChI is InChI=1S/C18H18Cl2FN3O2/c1-11(18(26)23-16-8-3-12(19)9-15(16)20)24(2)10-17(25)22-14-6-4-13(21)5-7-14/h3-9,11H,10H2,1-2H3,(H,22,25)(H,23,26)/t11-/m1/s1. The zero-order valence-corrected chi connectivity index (χ0v) is 15.7. The Labute approximate surface area is 161 Å². The van der Waals surface area contributed by atoms with Gasteiger partial charge in [0.05, 0.1) is 23.3 Å². The van der Waals surface area contributed by atoms with Crippen molar-refractivity contribution in [2.24, 2.45) is 0 Å². The van der Waals surface area contributed by atoms with Crippen LogP contribution in [-0.2, 0) is 9.59 Å². The number of carbonyl (C=O) groups is 2. The fourth-order valence-electron chi connectivity index (χ4n) is 2.13. The van der Waals surface area contributed by atoms with Gasteiger partial charge in [0.2, 0.25) is 11.8 Å². The minimum absolute atomic E-state index is 0.0136. The summed E-state index contributed by atoms with van der Waals surface area (Å²) in [5.41, 5.74) is 0.923. The predicted molar refractivity (Wildman–Crippen MR) is 102 cm³/mol. The number of hydrogen-bond acceptors (Lipinski definition) is 3. The van der Waals surface area contributed by atoms with Crippen molar-refractivity contribution in [2.75, 3.05) is 24.2 Å². The van der Waals surface area contributed by atoms with E-state index in [-0.39, 0.29) is 24.2 Å². The second-order valence-corrected chi connectivity index (χ2v) is 6.60. The first-order chi connectivity index (χ1) is 12.3. The molecule has 2 aromatic rings. The molecule has 5 nitrogen and oxygen atoms in total. The molecule has 1 atom stereocenters. The van der Waals surface area contributed by atoms with Crippen molar-refractivity contribution >= 4 is 46.4 Å². The Hall–Kier alpha value is -2.15.